The standard InChI is InChI=1S/C13H7BrClF3/c14-13(8-6-7(16)4-5-10(8)17)12-9(15)2-1-3-11(12)18/h1-6,13H. The quantitative estimate of drug-likeness (QED) is 0.658. The molecule has 0 aliphatic rings. The van der Waals surface area contributed by atoms with Crippen molar-refractivity contribution >= 4 is 27.5 Å². The van der Waals surface area contributed by atoms with E-state index in [1.807, 2.05) is 0 Å². The van der Waals surface area contributed by atoms with Gasteiger partial charge in [0.25, 0.3) is 0 Å². The molecule has 18 heavy (non-hydrogen) atoms. The van der Waals surface area contributed by atoms with Gasteiger partial charge < -0.3 is 0 Å². The van der Waals surface area contributed by atoms with Crippen LogP contribution in [0.25, 0.3) is 0 Å². The Morgan fingerprint density at radius 2 is 1.72 bits per heavy atom. The van der Waals surface area contributed by atoms with Crippen LogP contribution in [0.3, 0.4) is 0 Å². The zero-order valence-corrected chi connectivity index (χ0v) is 11.3. The van der Waals surface area contributed by atoms with Crippen LogP contribution in [0.4, 0.5) is 13.2 Å². The minimum Gasteiger partial charge on any atom is -0.207 e. The van der Waals surface area contributed by atoms with E-state index in [1.54, 1.807) is 0 Å². The number of halogens is 5. The average Bonchev–Trinajstić information content (AvgIpc) is 2.32. The molecule has 0 spiro atoms. The van der Waals surface area contributed by atoms with E-state index in [-0.39, 0.29) is 16.1 Å². The second-order valence-corrected chi connectivity index (χ2v) is 4.99. The highest BCUT2D eigenvalue weighted by Gasteiger charge is 2.21. The van der Waals surface area contributed by atoms with E-state index in [9.17, 15) is 13.2 Å². The van der Waals surface area contributed by atoms with Gasteiger partial charge in [-0.3, -0.25) is 0 Å². The van der Waals surface area contributed by atoms with Gasteiger partial charge in [-0.25, -0.2) is 13.2 Å². The molecular formula is C13H7BrClF3. The minimum atomic E-state index is -0.845. The molecule has 0 N–H and O–H groups in total. The molecular weight excluding hydrogens is 328 g/mol. The largest absolute Gasteiger partial charge is 0.207 e. The Morgan fingerprint density at radius 3 is 2.39 bits per heavy atom. The van der Waals surface area contributed by atoms with Gasteiger partial charge >= 0.3 is 0 Å². The minimum absolute atomic E-state index is 0.00185. The Kier molecular flexibility index (Phi) is 3.97. The van der Waals surface area contributed by atoms with Crippen molar-refractivity contribution in [2.24, 2.45) is 0 Å². The van der Waals surface area contributed by atoms with E-state index in [4.69, 9.17) is 11.6 Å². The molecule has 0 heterocycles. The molecule has 0 aromatic heterocycles. The summed E-state index contributed by atoms with van der Waals surface area (Å²) in [4.78, 5) is -0.845. The molecule has 0 aliphatic heterocycles. The van der Waals surface area contributed by atoms with Gasteiger partial charge in [-0.15, -0.1) is 0 Å². The van der Waals surface area contributed by atoms with Gasteiger partial charge in [0.2, 0.25) is 0 Å². The van der Waals surface area contributed by atoms with E-state index >= 15 is 0 Å². The summed E-state index contributed by atoms with van der Waals surface area (Å²) in [6, 6.07) is 7.16. The maximum Gasteiger partial charge on any atom is 0.129 e. The Labute approximate surface area is 116 Å². The Morgan fingerprint density at radius 1 is 1.00 bits per heavy atom. The molecule has 2 aromatic rings. The summed E-state index contributed by atoms with van der Waals surface area (Å²) in [6.45, 7) is 0. The summed E-state index contributed by atoms with van der Waals surface area (Å²) in [5.74, 6) is -1.80. The Hall–Kier alpha value is -1.00. The van der Waals surface area contributed by atoms with E-state index in [0.717, 1.165) is 18.2 Å². The van der Waals surface area contributed by atoms with Crippen LogP contribution in [0.2, 0.25) is 5.02 Å². The summed E-state index contributed by atoms with van der Waals surface area (Å²) < 4.78 is 40.4. The van der Waals surface area contributed by atoms with Crippen molar-refractivity contribution in [3.8, 4) is 0 Å². The van der Waals surface area contributed by atoms with Gasteiger partial charge in [0.15, 0.2) is 0 Å². The lowest BCUT2D eigenvalue weighted by Crippen LogP contribution is -2.01. The highest BCUT2D eigenvalue weighted by molar-refractivity contribution is 9.09. The first-order chi connectivity index (χ1) is 8.50. The fourth-order valence-corrected chi connectivity index (χ4v) is 2.84. The van der Waals surface area contributed by atoms with Crippen molar-refractivity contribution in [2.45, 2.75) is 4.83 Å². The Balaban J connectivity index is 2.54. The highest BCUT2D eigenvalue weighted by atomic mass is 79.9. The van der Waals surface area contributed by atoms with E-state index in [1.165, 1.54) is 18.2 Å². The lowest BCUT2D eigenvalue weighted by Gasteiger charge is -2.14. The molecule has 0 nitrogen and oxygen atoms in total. The average molecular weight is 336 g/mol. The van der Waals surface area contributed by atoms with Gasteiger partial charge in [0, 0.05) is 16.1 Å². The fourth-order valence-electron chi connectivity index (χ4n) is 1.62. The maximum atomic E-state index is 13.7. The lowest BCUT2D eigenvalue weighted by atomic mass is 10.0. The predicted molar refractivity (Wildman–Crippen MR) is 68.5 cm³/mol. The van der Waals surface area contributed by atoms with Crippen LogP contribution in [0.5, 0.6) is 0 Å². The molecule has 0 aliphatic carbocycles. The second-order valence-electron chi connectivity index (χ2n) is 3.66. The zero-order valence-electron chi connectivity index (χ0n) is 8.93. The van der Waals surface area contributed by atoms with Crippen molar-refractivity contribution in [1.29, 1.82) is 0 Å². The summed E-state index contributed by atoms with van der Waals surface area (Å²) in [7, 11) is 0. The summed E-state index contributed by atoms with van der Waals surface area (Å²) in [6.07, 6.45) is 0. The second kappa shape index (κ2) is 5.33. The first kappa shape index (κ1) is 13.4. The van der Waals surface area contributed by atoms with Crippen LogP contribution in [-0.4, -0.2) is 0 Å². The molecule has 0 radical (unpaired) electrons. The normalized spacial score (nSPS) is 12.5. The number of hydrogen-bond acceptors (Lipinski definition) is 0. The molecule has 0 saturated carbocycles. The van der Waals surface area contributed by atoms with E-state index < -0.39 is 22.3 Å². The number of alkyl halides is 1. The zero-order chi connectivity index (χ0) is 13.3. The van der Waals surface area contributed by atoms with E-state index in [0.29, 0.717) is 0 Å². The summed E-state index contributed by atoms with van der Waals surface area (Å²) in [5, 5.41) is 0.153. The smallest absolute Gasteiger partial charge is 0.129 e. The molecule has 1 atom stereocenters. The van der Waals surface area contributed by atoms with Crippen molar-refractivity contribution in [3.05, 3.63) is 70.0 Å². The van der Waals surface area contributed by atoms with Crippen molar-refractivity contribution < 1.29 is 13.2 Å². The monoisotopic (exact) mass is 334 g/mol. The summed E-state index contributed by atoms with van der Waals surface area (Å²) >= 11 is 9.03. The molecule has 5 heteroatoms. The third-order valence-electron chi connectivity index (χ3n) is 2.48. The molecule has 0 fully saturated rings. The maximum absolute atomic E-state index is 13.7. The molecule has 0 saturated heterocycles. The van der Waals surface area contributed by atoms with Crippen LogP contribution in [0.1, 0.15) is 16.0 Å². The third kappa shape index (κ3) is 2.54. The molecule has 1 unspecified atom stereocenters. The molecule has 0 amide bonds. The van der Waals surface area contributed by atoms with Crippen molar-refractivity contribution in [2.75, 3.05) is 0 Å². The SMILES string of the molecule is Fc1ccc(F)c(C(Br)c2c(F)cccc2Cl)c1. The third-order valence-corrected chi connectivity index (χ3v) is 3.76. The van der Waals surface area contributed by atoms with Gasteiger partial charge in [-0.1, -0.05) is 33.6 Å². The first-order valence-corrected chi connectivity index (χ1v) is 6.33. The highest BCUT2D eigenvalue weighted by Crippen LogP contribution is 2.38. The van der Waals surface area contributed by atoms with Crippen LogP contribution in [-0.2, 0) is 0 Å². The van der Waals surface area contributed by atoms with Gasteiger partial charge in [-0.2, -0.15) is 0 Å². The van der Waals surface area contributed by atoms with Gasteiger partial charge in [0.1, 0.15) is 17.5 Å². The number of hydrogen-bond donors (Lipinski definition) is 0. The van der Waals surface area contributed by atoms with Crippen LogP contribution in [0.15, 0.2) is 36.4 Å². The molecule has 0 bridgehead atoms. The van der Waals surface area contributed by atoms with E-state index in [2.05, 4.69) is 15.9 Å². The Bertz CT molecular complexity index is 566. The predicted octanol–water partition coefficient (Wildman–Crippen LogP) is 5.24. The van der Waals surface area contributed by atoms with Crippen LogP contribution in [0, 0.1) is 17.5 Å². The molecule has 94 valence electrons. The van der Waals surface area contributed by atoms with Crippen LogP contribution < -0.4 is 0 Å². The topological polar surface area (TPSA) is 0 Å². The number of benzene rings is 2. The summed E-state index contributed by atoms with van der Waals surface area (Å²) in [5.41, 5.74) is 0.0886. The first-order valence-electron chi connectivity index (χ1n) is 5.03. The molecule has 2 rings (SSSR count). The lowest BCUT2D eigenvalue weighted by molar-refractivity contribution is 0.581. The van der Waals surface area contributed by atoms with Crippen molar-refractivity contribution in [3.63, 3.8) is 0 Å². The van der Waals surface area contributed by atoms with Gasteiger partial charge in [0.05, 0.1) is 4.83 Å². The van der Waals surface area contributed by atoms with Crippen LogP contribution >= 0.6 is 27.5 Å². The van der Waals surface area contributed by atoms with Gasteiger partial charge in [-0.05, 0) is 30.3 Å². The van der Waals surface area contributed by atoms with Crippen molar-refractivity contribution in [1.82, 2.24) is 0 Å². The fraction of sp³-hybridized carbons (Fsp3) is 0.0769. The molecule has 2 aromatic carbocycles. The number of rotatable bonds is 2.